The molecule has 1 fully saturated rings. The first kappa shape index (κ1) is 14.1. The van der Waals surface area contributed by atoms with Gasteiger partial charge < -0.3 is 4.57 Å². The average Bonchev–Trinajstić information content (AvgIpc) is 2.82. The summed E-state index contributed by atoms with van der Waals surface area (Å²) in [5, 5.41) is 0. The summed E-state index contributed by atoms with van der Waals surface area (Å²) in [6, 6.07) is 8.66. The predicted molar refractivity (Wildman–Crippen MR) is 84.3 cm³/mol. The van der Waals surface area contributed by atoms with Crippen LogP contribution in [0.25, 0.3) is 0 Å². The molecule has 112 valence electrons. The number of aryl methyl sites for hydroxylation is 1. The second-order valence-electron chi connectivity index (χ2n) is 5.97. The highest BCUT2D eigenvalue weighted by Gasteiger charge is 2.10. The van der Waals surface area contributed by atoms with Gasteiger partial charge in [-0.1, -0.05) is 30.7 Å². The number of nitrogens with zero attached hydrogens (tertiary/aromatic N) is 3. The summed E-state index contributed by atoms with van der Waals surface area (Å²) < 4.78 is 3.34. The van der Waals surface area contributed by atoms with E-state index in [9.17, 15) is 4.79 Å². The third-order valence-corrected chi connectivity index (χ3v) is 4.25. The van der Waals surface area contributed by atoms with E-state index in [1.807, 2.05) is 6.20 Å². The van der Waals surface area contributed by atoms with E-state index in [2.05, 4.69) is 29.2 Å². The van der Waals surface area contributed by atoms with Gasteiger partial charge in [-0.3, -0.25) is 9.47 Å². The molecule has 0 bridgehead atoms. The van der Waals surface area contributed by atoms with Gasteiger partial charge in [0.1, 0.15) is 0 Å². The highest BCUT2D eigenvalue weighted by atomic mass is 16.1. The number of benzene rings is 1. The highest BCUT2D eigenvalue weighted by molar-refractivity contribution is 5.22. The molecule has 0 saturated carbocycles. The highest BCUT2D eigenvalue weighted by Crippen LogP contribution is 2.13. The number of imidazole rings is 1. The molecule has 0 amide bonds. The van der Waals surface area contributed by atoms with Crippen LogP contribution in [0.1, 0.15) is 30.4 Å². The summed E-state index contributed by atoms with van der Waals surface area (Å²) >= 11 is 0. The first-order chi connectivity index (χ1) is 10.2. The minimum absolute atomic E-state index is 0.0346. The van der Waals surface area contributed by atoms with Crippen molar-refractivity contribution in [3.8, 4) is 0 Å². The van der Waals surface area contributed by atoms with Gasteiger partial charge in [0.25, 0.3) is 0 Å². The van der Waals surface area contributed by atoms with Crippen molar-refractivity contribution in [2.24, 2.45) is 7.05 Å². The fraction of sp³-hybridized carbons (Fsp3) is 0.471. The summed E-state index contributed by atoms with van der Waals surface area (Å²) in [6.45, 7) is 4.14. The molecule has 1 aliphatic heterocycles. The maximum atomic E-state index is 11.8. The molecular formula is C17H23N3O. The first-order valence-corrected chi connectivity index (χ1v) is 7.74. The van der Waals surface area contributed by atoms with Crippen LogP contribution in [0.3, 0.4) is 0 Å². The topological polar surface area (TPSA) is 30.2 Å². The number of rotatable bonds is 4. The van der Waals surface area contributed by atoms with Gasteiger partial charge in [-0.05, 0) is 37.1 Å². The number of piperidine rings is 1. The molecule has 2 heterocycles. The molecule has 0 radical (unpaired) electrons. The molecule has 21 heavy (non-hydrogen) atoms. The van der Waals surface area contributed by atoms with E-state index >= 15 is 0 Å². The zero-order valence-electron chi connectivity index (χ0n) is 12.7. The molecule has 0 N–H and O–H groups in total. The summed E-state index contributed by atoms with van der Waals surface area (Å²) in [5.41, 5.74) is 2.57. The normalized spacial score (nSPS) is 16.2. The van der Waals surface area contributed by atoms with Crippen LogP contribution in [0, 0.1) is 0 Å². The molecule has 2 aromatic rings. The van der Waals surface area contributed by atoms with Crippen LogP contribution in [-0.2, 0) is 20.1 Å². The maximum absolute atomic E-state index is 11.8. The van der Waals surface area contributed by atoms with Gasteiger partial charge in [0.05, 0.1) is 6.54 Å². The molecule has 0 unspecified atom stereocenters. The van der Waals surface area contributed by atoms with Crippen LogP contribution in [0.5, 0.6) is 0 Å². The lowest BCUT2D eigenvalue weighted by atomic mass is 10.1. The summed E-state index contributed by atoms with van der Waals surface area (Å²) in [5.74, 6) is 0. The fourth-order valence-corrected chi connectivity index (χ4v) is 2.95. The lowest BCUT2D eigenvalue weighted by Crippen LogP contribution is -2.29. The van der Waals surface area contributed by atoms with Gasteiger partial charge in [0.2, 0.25) is 0 Å². The number of hydrogen-bond acceptors (Lipinski definition) is 2. The summed E-state index contributed by atoms with van der Waals surface area (Å²) in [7, 11) is 1.78. The number of hydrogen-bond donors (Lipinski definition) is 0. The Bertz CT molecular complexity index is 633. The van der Waals surface area contributed by atoms with Crippen molar-refractivity contribution in [3.63, 3.8) is 0 Å². The molecule has 4 heteroatoms. The molecule has 0 aliphatic carbocycles. The Morgan fingerprint density at radius 3 is 2.10 bits per heavy atom. The van der Waals surface area contributed by atoms with Crippen molar-refractivity contribution >= 4 is 0 Å². The van der Waals surface area contributed by atoms with E-state index < -0.39 is 0 Å². The monoisotopic (exact) mass is 285 g/mol. The van der Waals surface area contributed by atoms with Crippen molar-refractivity contribution in [2.45, 2.75) is 32.4 Å². The smallest absolute Gasteiger partial charge is 0.302 e. The third-order valence-electron chi connectivity index (χ3n) is 4.25. The van der Waals surface area contributed by atoms with Crippen molar-refractivity contribution in [3.05, 3.63) is 58.3 Å². The molecule has 4 nitrogen and oxygen atoms in total. The lowest BCUT2D eigenvalue weighted by Gasteiger charge is -2.26. The Morgan fingerprint density at radius 2 is 1.52 bits per heavy atom. The van der Waals surface area contributed by atoms with Crippen molar-refractivity contribution < 1.29 is 0 Å². The minimum atomic E-state index is 0.0346. The Morgan fingerprint density at radius 1 is 0.905 bits per heavy atom. The quantitative estimate of drug-likeness (QED) is 0.862. The Labute approximate surface area is 125 Å². The molecule has 1 saturated heterocycles. The van der Waals surface area contributed by atoms with Gasteiger partial charge in [-0.25, -0.2) is 4.79 Å². The van der Waals surface area contributed by atoms with E-state index in [4.69, 9.17) is 0 Å². The molecule has 3 rings (SSSR count). The average molecular weight is 285 g/mol. The van der Waals surface area contributed by atoms with Gasteiger partial charge in [-0.2, -0.15) is 0 Å². The van der Waals surface area contributed by atoms with Crippen LogP contribution >= 0.6 is 0 Å². The third kappa shape index (κ3) is 3.45. The van der Waals surface area contributed by atoms with E-state index in [1.54, 1.807) is 22.4 Å². The fourth-order valence-electron chi connectivity index (χ4n) is 2.95. The second kappa shape index (κ2) is 6.31. The van der Waals surface area contributed by atoms with Crippen LogP contribution < -0.4 is 5.69 Å². The largest absolute Gasteiger partial charge is 0.328 e. The predicted octanol–water partition coefficient (Wildman–Crippen LogP) is 2.22. The van der Waals surface area contributed by atoms with E-state index in [0.717, 1.165) is 6.54 Å². The van der Waals surface area contributed by atoms with Gasteiger partial charge in [0, 0.05) is 26.0 Å². The van der Waals surface area contributed by atoms with Crippen LogP contribution in [0.2, 0.25) is 0 Å². The van der Waals surface area contributed by atoms with E-state index in [-0.39, 0.29) is 5.69 Å². The number of likely N-dealkylation sites (tertiary alicyclic amines) is 1. The van der Waals surface area contributed by atoms with Crippen LogP contribution in [0.15, 0.2) is 41.5 Å². The standard InChI is InChI=1S/C17H23N3O/c1-18-11-12-20(17(18)21)14-16-7-5-15(6-8-16)13-19-9-3-2-4-10-19/h5-8,11-12H,2-4,9-10,13-14H2,1H3. The Balaban J connectivity index is 1.63. The Kier molecular flexibility index (Phi) is 4.25. The summed E-state index contributed by atoms with van der Waals surface area (Å²) in [4.78, 5) is 14.3. The van der Waals surface area contributed by atoms with E-state index in [0.29, 0.717) is 6.54 Å². The van der Waals surface area contributed by atoms with Crippen LogP contribution in [-0.4, -0.2) is 27.1 Å². The van der Waals surface area contributed by atoms with Crippen LogP contribution in [0.4, 0.5) is 0 Å². The molecule has 1 aromatic carbocycles. The lowest BCUT2D eigenvalue weighted by molar-refractivity contribution is 0.221. The minimum Gasteiger partial charge on any atom is -0.302 e. The zero-order chi connectivity index (χ0) is 14.7. The molecule has 1 aliphatic rings. The zero-order valence-corrected chi connectivity index (χ0v) is 12.7. The maximum Gasteiger partial charge on any atom is 0.328 e. The molecule has 0 spiro atoms. The van der Waals surface area contributed by atoms with Crippen molar-refractivity contribution in [1.82, 2.24) is 14.0 Å². The summed E-state index contributed by atoms with van der Waals surface area (Å²) in [6.07, 6.45) is 7.67. The van der Waals surface area contributed by atoms with Crippen molar-refractivity contribution in [1.29, 1.82) is 0 Å². The Hall–Kier alpha value is -1.81. The van der Waals surface area contributed by atoms with E-state index in [1.165, 1.54) is 43.5 Å². The molecular weight excluding hydrogens is 262 g/mol. The second-order valence-corrected chi connectivity index (χ2v) is 5.97. The van der Waals surface area contributed by atoms with Gasteiger partial charge in [0.15, 0.2) is 0 Å². The SMILES string of the molecule is Cn1ccn(Cc2ccc(CN3CCCCC3)cc2)c1=O. The first-order valence-electron chi connectivity index (χ1n) is 7.74. The van der Waals surface area contributed by atoms with Gasteiger partial charge >= 0.3 is 5.69 Å². The van der Waals surface area contributed by atoms with Gasteiger partial charge in [-0.15, -0.1) is 0 Å². The number of aromatic nitrogens is 2. The molecule has 1 aromatic heterocycles. The molecule has 0 atom stereocenters. The van der Waals surface area contributed by atoms with Crippen molar-refractivity contribution in [2.75, 3.05) is 13.1 Å².